The fourth-order valence-electron chi connectivity index (χ4n) is 4.12. The van der Waals surface area contributed by atoms with Crippen molar-refractivity contribution in [3.05, 3.63) is 47.5 Å². The van der Waals surface area contributed by atoms with Gasteiger partial charge in [0.05, 0.1) is 90.7 Å². The van der Waals surface area contributed by atoms with Crippen LogP contribution in [-0.4, -0.2) is 117 Å². The van der Waals surface area contributed by atoms with Crippen molar-refractivity contribution in [1.29, 1.82) is 0 Å². The Labute approximate surface area is 259 Å². The van der Waals surface area contributed by atoms with Crippen molar-refractivity contribution in [2.75, 3.05) is 106 Å². The molecule has 12 heteroatoms. The van der Waals surface area contributed by atoms with Crippen LogP contribution < -0.4 is 18.9 Å². The van der Waals surface area contributed by atoms with Crippen molar-refractivity contribution in [2.45, 2.75) is 13.8 Å². The highest BCUT2D eigenvalue weighted by atomic mass is 16.6. The second-order valence-electron chi connectivity index (χ2n) is 9.76. The lowest BCUT2D eigenvalue weighted by atomic mass is 10.1. The molecule has 0 saturated carbocycles. The standard InChI is InChI=1S/C32H44N2O10/c1-25(27-3-5-29-31(23-27)43-21-17-39-13-9-35-7-11-37-15-19-41-29)33-34-26(2)28-4-6-30-32(24-28)44-22-18-40-14-10-36-8-12-38-16-20-42-30/h3-6,23-24H,7-22H2,1-2H3/b33-25-,34-26+. The Hall–Kier alpha value is -3.26. The number of rotatable bonds is 3. The number of hydrogen-bond acceptors (Lipinski definition) is 12. The Morgan fingerprint density at radius 1 is 0.386 bits per heavy atom. The molecule has 2 aromatic rings. The topological polar surface area (TPSA) is 117 Å². The van der Waals surface area contributed by atoms with E-state index in [1.165, 1.54) is 0 Å². The summed E-state index contributed by atoms with van der Waals surface area (Å²) >= 11 is 0. The van der Waals surface area contributed by atoms with E-state index in [-0.39, 0.29) is 0 Å². The minimum atomic E-state index is 0.376. The highest BCUT2D eigenvalue weighted by Crippen LogP contribution is 2.30. The van der Waals surface area contributed by atoms with E-state index in [0.29, 0.717) is 129 Å². The molecule has 0 N–H and O–H groups in total. The number of ether oxygens (including phenoxy) is 10. The molecule has 12 nitrogen and oxygen atoms in total. The molecular weight excluding hydrogens is 572 g/mol. The lowest BCUT2D eigenvalue weighted by Crippen LogP contribution is -2.13. The van der Waals surface area contributed by atoms with Crippen molar-refractivity contribution in [1.82, 2.24) is 0 Å². The second-order valence-corrected chi connectivity index (χ2v) is 9.76. The van der Waals surface area contributed by atoms with Gasteiger partial charge in [0.15, 0.2) is 23.0 Å². The van der Waals surface area contributed by atoms with E-state index in [1.54, 1.807) is 0 Å². The zero-order valence-electron chi connectivity index (χ0n) is 25.8. The zero-order valence-corrected chi connectivity index (χ0v) is 25.8. The summed E-state index contributed by atoms with van der Waals surface area (Å²) in [5, 5.41) is 9.02. The van der Waals surface area contributed by atoms with Gasteiger partial charge >= 0.3 is 0 Å². The van der Waals surface area contributed by atoms with Gasteiger partial charge in [0, 0.05) is 11.1 Å². The van der Waals surface area contributed by atoms with E-state index in [9.17, 15) is 0 Å². The Bertz CT molecular complexity index is 1100. The molecular formula is C32H44N2O10. The smallest absolute Gasteiger partial charge is 0.161 e. The Morgan fingerprint density at radius 2 is 0.659 bits per heavy atom. The van der Waals surface area contributed by atoms with Crippen LogP contribution in [0.25, 0.3) is 0 Å². The fourth-order valence-corrected chi connectivity index (χ4v) is 4.12. The quantitative estimate of drug-likeness (QED) is 0.374. The van der Waals surface area contributed by atoms with E-state index < -0.39 is 0 Å². The normalized spacial score (nSPS) is 19.5. The van der Waals surface area contributed by atoms with Crippen molar-refractivity contribution < 1.29 is 47.4 Å². The van der Waals surface area contributed by atoms with Gasteiger partial charge < -0.3 is 47.4 Å². The van der Waals surface area contributed by atoms with Crippen LogP contribution in [0.5, 0.6) is 23.0 Å². The van der Waals surface area contributed by atoms with Gasteiger partial charge in [0.1, 0.15) is 26.4 Å². The highest BCUT2D eigenvalue weighted by Gasteiger charge is 2.12. The number of hydrogen-bond donors (Lipinski definition) is 0. The van der Waals surface area contributed by atoms with Crippen molar-refractivity contribution in [3.63, 3.8) is 0 Å². The maximum absolute atomic E-state index is 6.00. The summed E-state index contributed by atoms with van der Waals surface area (Å²) in [6.07, 6.45) is 0. The van der Waals surface area contributed by atoms with Crippen LogP contribution in [0.2, 0.25) is 0 Å². The summed E-state index contributed by atoms with van der Waals surface area (Å²) in [5.74, 6) is 2.47. The molecule has 0 spiro atoms. The molecule has 44 heavy (non-hydrogen) atoms. The maximum atomic E-state index is 6.00. The van der Waals surface area contributed by atoms with Crippen LogP contribution in [0.4, 0.5) is 0 Å². The number of nitrogens with zero attached hydrogens (tertiary/aromatic N) is 2. The molecule has 0 saturated heterocycles. The monoisotopic (exact) mass is 616 g/mol. The predicted molar refractivity (Wildman–Crippen MR) is 164 cm³/mol. The average molecular weight is 617 g/mol. The van der Waals surface area contributed by atoms with Crippen LogP contribution in [0.3, 0.4) is 0 Å². The molecule has 242 valence electrons. The first-order valence-electron chi connectivity index (χ1n) is 15.1. The summed E-state index contributed by atoms with van der Waals surface area (Å²) in [6, 6.07) is 11.4. The van der Waals surface area contributed by atoms with Gasteiger partial charge in [-0.25, -0.2) is 0 Å². The molecule has 0 atom stereocenters. The first-order chi connectivity index (χ1) is 21.7. The first kappa shape index (κ1) is 33.6. The van der Waals surface area contributed by atoms with Crippen LogP contribution in [-0.2, 0) is 28.4 Å². The van der Waals surface area contributed by atoms with Crippen LogP contribution in [0, 0.1) is 0 Å². The first-order valence-corrected chi connectivity index (χ1v) is 15.1. The summed E-state index contributed by atoms with van der Waals surface area (Å²) in [6.45, 7) is 11.2. The van der Waals surface area contributed by atoms with Gasteiger partial charge in [0.25, 0.3) is 0 Å². The molecule has 0 bridgehead atoms. The third kappa shape index (κ3) is 12.0. The molecule has 0 aromatic heterocycles. The summed E-state index contributed by atoms with van der Waals surface area (Å²) < 4.78 is 57.1. The SMILES string of the molecule is C/C(=N/N=C(\C)c1ccc2c(c1)OCCOCCOCCOCCO2)c1ccc2c(c1)OCCOCCOCCOCCO2. The molecule has 0 unspecified atom stereocenters. The van der Waals surface area contributed by atoms with Crippen molar-refractivity contribution in [3.8, 4) is 23.0 Å². The second kappa shape index (κ2) is 19.9. The molecule has 0 fully saturated rings. The average Bonchev–Trinajstić information content (AvgIpc) is 3.06. The lowest BCUT2D eigenvalue weighted by molar-refractivity contribution is 0.00708. The van der Waals surface area contributed by atoms with E-state index in [4.69, 9.17) is 47.4 Å². The molecule has 2 aromatic carbocycles. The van der Waals surface area contributed by atoms with E-state index in [2.05, 4.69) is 10.2 Å². The fraction of sp³-hybridized carbons (Fsp3) is 0.562. The van der Waals surface area contributed by atoms with Gasteiger partial charge in [-0.15, -0.1) is 0 Å². The van der Waals surface area contributed by atoms with E-state index in [1.807, 2.05) is 50.2 Å². The molecule has 2 aliphatic rings. The molecule has 4 rings (SSSR count). The van der Waals surface area contributed by atoms with Crippen LogP contribution in [0.1, 0.15) is 25.0 Å². The van der Waals surface area contributed by atoms with E-state index >= 15 is 0 Å². The number of benzene rings is 2. The van der Waals surface area contributed by atoms with Gasteiger partial charge in [-0.3, -0.25) is 0 Å². The molecule has 0 amide bonds. The minimum absolute atomic E-state index is 0.376. The Morgan fingerprint density at radius 3 is 0.977 bits per heavy atom. The highest BCUT2D eigenvalue weighted by molar-refractivity contribution is 6.02. The van der Waals surface area contributed by atoms with Crippen LogP contribution >= 0.6 is 0 Å². The summed E-state index contributed by atoms with van der Waals surface area (Å²) in [5.41, 5.74) is 3.16. The molecule has 0 aliphatic carbocycles. The third-order valence-corrected chi connectivity index (χ3v) is 6.50. The van der Waals surface area contributed by atoms with Crippen molar-refractivity contribution in [2.24, 2.45) is 10.2 Å². The van der Waals surface area contributed by atoms with E-state index in [0.717, 1.165) is 22.6 Å². The molecule has 0 radical (unpaired) electrons. The van der Waals surface area contributed by atoms with Crippen LogP contribution in [0.15, 0.2) is 46.6 Å². The predicted octanol–water partition coefficient (Wildman–Crippen LogP) is 3.56. The van der Waals surface area contributed by atoms with Crippen molar-refractivity contribution >= 4 is 11.4 Å². The van der Waals surface area contributed by atoms with Gasteiger partial charge in [-0.2, -0.15) is 10.2 Å². The Balaban J connectivity index is 1.44. The summed E-state index contributed by atoms with van der Waals surface area (Å²) in [7, 11) is 0. The number of fused-ring (bicyclic) bond motifs is 2. The third-order valence-electron chi connectivity index (χ3n) is 6.50. The van der Waals surface area contributed by atoms with Gasteiger partial charge in [0.2, 0.25) is 0 Å². The molecule has 2 heterocycles. The minimum Gasteiger partial charge on any atom is -0.487 e. The largest absolute Gasteiger partial charge is 0.487 e. The molecule has 2 aliphatic heterocycles. The maximum Gasteiger partial charge on any atom is 0.161 e. The van der Waals surface area contributed by atoms with Gasteiger partial charge in [-0.1, -0.05) is 0 Å². The summed E-state index contributed by atoms with van der Waals surface area (Å²) in [4.78, 5) is 0. The lowest BCUT2D eigenvalue weighted by Gasteiger charge is -2.14. The Kier molecular flexibility index (Phi) is 15.2. The zero-order chi connectivity index (χ0) is 30.7. The van der Waals surface area contributed by atoms with Gasteiger partial charge in [-0.05, 0) is 50.2 Å².